The molecule has 0 aliphatic carbocycles. The van der Waals surface area contributed by atoms with Crippen molar-refractivity contribution in [3.8, 4) is 11.5 Å². The van der Waals surface area contributed by atoms with E-state index in [1.54, 1.807) is 24.3 Å². The molecule has 1 heterocycles. The van der Waals surface area contributed by atoms with Crippen LogP contribution in [0.2, 0.25) is 5.02 Å². The van der Waals surface area contributed by atoms with Gasteiger partial charge in [0.15, 0.2) is 0 Å². The molecule has 1 unspecified atom stereocenters. The molecule has 0 aromatic heterocycles. The van der Waals surface area contributed by atoms with Gasteiger partial charge in [0, 0.05) is 18.2 Å². The van der Waals surface area contributed by atoms with Crippen molar-refractivity contribution in [3.05, 3.63) is 47.0 Å². The molecule has 1 atom stereocenters. The maximum absolute atomic E-state index is 12.5. The van der Waals surface area contributed by atoms with Crippen molar-refractivity contribution >= 4 is 41.3 Å². The molecule has 0 radical (unpaired) electrons. The van der Waals surface area contributed by atoms with Gasteiger partial charge in [0.2, 0.25) is 0 Å². The lowest BCUT2D eigenvalue weighted by atomic mass is 10.1. The van der Waals surface area contributed by atoms with Crippen LogP contribution in [0.5, 0.6) is 11.5 Å². The highest BCUT2D eigenvalue weighted by atomic mass is 35.5. The van der Waals surface area contributed by atoms with Crippen LogP contribution in [0.15, 0.2) is 36.4 Å². The van der Waals surface area contributed by atoms with Gasteiger partial charge in [-0.2, -0.15) is 0 Å². The zero-order valence-electron chi connectivity index (χ0n) is 14.2. The van der Waals surface area contributed by atoms with E-state index in [2.05, 4.69) is 5.32 Å². The van der Waals surface area contributed by atoms with Crippen molar-refractivity contribution in [2.24, 2.45) is 0 Å². The SMILES string of the molecule is COc1cc(N)c(Cl)cc1C(=O)Nc1ccc(OC2CCOC2)cc1.Cl. The smallest absolute Gasteiger partial charge is 0.259 e. The number of carbonyl (C=O) groups is 1. The Morgan fingerprint density at radius 2 is 2.04 bits per heavy atom. The van der Waals surface area contributed by atoms with Crippen LogP contribution >= 0.6 is 24.0 Å². The van der Waals surface area contributed by atoms with Gasteiger partial charge >= 0.3 is 0 Å². The van der Waals surface area contributed by atoms with Crippen molar-refractivity contribution in [1.82, 2.24) is 0 Å². The summed E-state index contributed by atoms with van der Waals surface area (Å²) in [7, 11) is 1.47. The predicted molar refractivity (Wildman–Crippen MR) is 104 cm³/mol. The highest BCUT2D eigenvalue weighted by molar-refractivity contribution is 6.33. The Kier molecular flexibility index (Phi) is 6.97. The second-order valence-electron chi connectivity index (χ2n) is 5.66. The predicted octanol–water partition coefficient (Wildman–Crippen LogP) is 3.77. The number of carbonyl (C=O) groups excluding carboxylic acids is 1. The Labute approximate surface area is 163 Å². The molecule has 1 saturated heterocycles. The van der Waals surface area contributed by atoms with Gasteiger partial charge in [0.1, 0.15) is 17.6 Å². The van der Waals surface area contributed by atoms with Gasteiger partial charge in [0.25, 0.3) is 5.91 Å². The Balaban J connectivity index is 0.00000243. The summed E-state index contributed by atoms with van der Waals surface area (Å²) in [6.07, 6.45) is 0.970. The summed E-state index contributed by atoms with van der Waals surface area (Å²) in [4.78, 5) is 12.5. The molecule has 140 valence electrons. The average Bonchev–Trinajstić information content (AvgIpc) is 3.11. The van der Waals surface area contributed by atoms with Crippen molar-refractivity contribution in [1.29, 1.82) is 0 Å². The van der Waals surface area contributed by atoms with Gasteiger partial charge in [0.05, 0.1) is 36.6 Å². The lowest BCUT2D eigenvalue weighted by molar-refractivity contribution is 0.102. The summed E-state index contributed by atoms with van der Waals surface area (Å²) in [5.41, 5.74) is 7.03. The summed E-state index contributed by atoms with van der Waals surface area (Å²) in [6.45, 7) is 1.33. The summed E-state index contributed by atoms with van der Waals surface area (Å²) < 4.78 is 16.3. The number of nitrogens with two attached hydrogens (primary N) is 1. The molecule has 1 fully saturated rings. The van der Waals surface area contributed by atoms with E-state index in [0.29, 0.717) is 34.3 Å². The number of nitrogens with one attached hydrogen (secondary N) is 1. The van der Waals surface area contributed by atoms with Crippen LogP contribution in [0.25, 0.3) is 0 Å². The van der Waals surface area contributed by atoms with Gasteiger partial charge < -0.3 is 25.3 Å². The zero-order chi connectivity index (χ0) is 17.8. The molecule has 2 aromatic carbocycles. The van der Waals surface area contributed by atoms with E-state index >= 15 is 0 Å². The topological polar surface area (TPSA) is 82.8 Å². The fourth-order valence-electron chi connectivity index (χ4n) is 2.53. The van der Waals surface area contributed by atoms with Crippen LogP contribution in [0, 0.1) is 0 Å². The second kappa shape index (κ2) is 8.98. The van der Waals surface area contributed by atoms with Crippen molar-refractivity contribution < 1.29 is 19.0 Å². The van der Waals surface area contributed by atoms with Gasteiger partial charge in [-0.25, -0.2) is 0 Å². The van der Waals surface area contributed by atoms with E-state index in [-0.39, 0.29) is 24.4 Å². The minimum atomic E-state index is -0.336. The van der Waals surface area contributed by atoms with E-state index < -0.39 is 0 Å². The third-order valence-electron chi connectivity index (χ3n) is 3.87. The van der Waals surface area contributed by atoms with Gasteiger partial charge in [-0.15, -0.1) is 12.4 Å². The first-order valence-electron chi connectivity index (χ1n) is 7.85. The van der Waals surface area contributed by atoms with E-state index in [9.17, 15) is 4.79 Å². The summed E-state index contributed by atoms with van der Waals surface area (Å²) in [5, 5.41) is 3.10. The summed E-state index contributed by atoms with van der Waals surface area (Å²) >= 11 is 6.00. The minimum Gasteiger partial charge on any atom is -0.496 e. The van der Waals surface area contributed by atoms with E-state index in [1.165, 1.54) is 19.2 Å². The number of hydrogen-bond acceptors (Lipinski definition) is 5. The first-order chi connectivity index (χ1) is 12.1. The Morgan fingerprint density at radius 3 is 2.65 bits per heavy atom. The largest absolute Gasteiger partial charge is 0.496 e. The van der Waals surface area contributed by atoms with Gasteiger partial charge in [-0.1, -0.05) is 11.6 Å². The monoisotopic (exact) mass is 398 g/mol. The van der Waals surface area contributed by atoms with Crippen LogP contribution in [0.4, 0.5) is 11.4 Å². The first kappa shape index (κ1) is 20.2. The molecule has 0 spiro atoms. The molecular formula is C18H20Cl2N2O4. The Bertz CT molecular complexity index is 763. The lowest BCUT2D eigenvalue weighted by Gasteiger charge is -2.13. The van der Waals surface area contributed by atoms with Crippen LogP contribution in [-0.4, -0.2) is 32.3 Å². The number of ether oxygens (including phenoxy) is 3. The van der Waals surface area contributed by atoms with Crippen LogP contribution in [-0.2, 0) is 4.74 Å². The lowest BCUT2D eigenvalue weighted by Crippen LogP contribution is -2.16. The molecule has 1 aliphatic heterocycles. The number of anilines is 2. The molecule has 8 heteroatoms. The molecular weight excluding hydrogens is 379 g/mol. The minimum absolute atomic E-state index is 0. The van der Waals surface area contributed by atoms with Crippen molar-refractivity contribution in [2.75, 3.05) is 31.4 Å². The van der Waals surface area contributed by atoms with Gasteiger partial charge in [-0.05, 0) is 30.3 Å². The second-order valence-corrected chi connectivity index (χ2v) is 6.06. The molecule has 3 rings (SSSR count). The number of hydrogen-bond donors (Lipinski definition) is 2. The molecule has 1 aliphatic rings. The molecule has 2 aromatic rings. The highest BCUT2D eigenvalue weighted by Crippen LogP contribution is 2.29. The van der Waals surface area contributed by atoms with Crippen molar-refractivity contribution in [2.45, 2.75) is 12.5 Å². The third kappa shape index (κ3) is 4.72. The first-order valence-corrected chi connectivity index (χ1v) is 8.23. The van der Waals surface area contributed by atoms with Crippen LogP contribution < -0.4 is 20.5 Å². The number of nitrogen functional groups attached to an aromatic ring is 1. The van der Waals surface area contributed by atoms with Crippen molar-refractivity contribution in [3.63, 3.8) is 0 Å². The fraction of sp³-hybridized carbons (Fsp3) is 0.278. The normalized spacial score (nSPS) is 15.8. The molecule has 26 heavy (non-hydrogen) atoms. The van der Waals surface area contributed by atoms with Gasteiger partial charge in [-0.3, -0.25) is 4.79 Å². The Hall–Kier alpha value is -2.15. The summed E-state index contributed by atoms with van der Waals surface area (Å²) in [5.74, 6) is 0.763. The molecule has 6 nitrogen and oxygen atoms in total. The number of amides is 1. The number of benzene rings is 2. The summed E-state index contributed by atoms with van der Waals surface area (Å²) in [6, 6.07) is 10.2. The molecule has 0 bridgehead atoms. The average molecular weight is 399 g/mol. The molecule has 3 N–H and O–H groups in total. The maximum Gasteiger partial charge on any atom is 0.259 e. The zero-order valence-corrected chi connectivity index (χ0v) is 15.7. The number of rotatable bonds is 5. The van der Waals surface area contributed by atoms with E-state index in [0.717, 1.165) is 18.8 Å². The molecule has 1 amide bonds. The van der Waals surface area contributed by atoms with E-state index in [1.807, 2.05) is 0 Å². The Morgan fingerprint density at radius 1 is 1.31 bits per heavy atom. The third-order valence-corrected chi connectivity index (χ3v) is 4.19. The van der Waals surface area contributed by atoms with Crippen LogP contribution in [0.3, 0.4) is 0 Å². The standard InChI is InChI=1S/C18H19ClN2O4.ClH/c1-23-17-9-16(20)15(19)8-14(17)18(22)21-11-2-4-12(5-3-11)25-13-6-7-24-10-13;/h2-5,8-9,13H,6-7,10,20H2,1H3,(H,21,22);1H. The maximum atomic E-state index is 12.5. The highest BCUT2D eigenvalue weighted by Gasteiger charge is 2.18. The van der Waals surface area contributed by atoms with Crippen LogP contribution in [0.1, 0.15) is 16.8 Å². The quantitative estimate of drug-likeness (QED) is 0.748. The number of methoxy groups -OCH3 is 1. The molecule has 0 saturated carbocycles. The fourth-order valence-corrected chi connectivity index (χ4v) is 2.69. The number of halogens is 2. The van der Waals surface area contributed by atoms with E-state index in [4.69, 9.17) is 31.5 Å².